The molecule has 0 saturated heterocycles. The predicted molar refractivity (Wildman–Crippen MR) is 69.2 cm³/mol. The van der Waals surface area contributed by atoms with Gasteiger partial charge in [0.1, 0.15) is 5.69 Å². The minimum absolute atomic E-state index is 0.232. The number of thiazole rings is 1. The first-order valence-corrected chi connectivity index (χ1v) is 6.43. The number of hydrogen-bond acceptors (Lipinski definition) is 3. The Morgan fingerprint density at radius 1 is 1.50 bits per heavy atom. The van der Waals surface area contributed by atoms with E-state index in [-0.39, 0.29) is 5.91 Å². The maximum Gasteiger partial charge on any atom is 0.275 e. The Morgan fingerprint density at radius 2 is 2.31 bits per heavy atom. The predicted octanol–water partition coefficient (Wildman–Crippen LogP) is 3.81. The molecule has 1 amide bonds. The second-order valence-electron chi connectivity index (χ2n) is 2.95. The van der Waals surface area contributed by atoms with Crippen LogP contribution in [0.2, 0.25) is 5.02 Å². The summed E-state index contributed by atoms with van der Waals surface area (Å²) >= 11 is 10.5. The SMILES string of the molecule is O=C(Nc1ccc(Cl)cc1Br)c1cscn1. The summed E-state index contributed by atoms with van der Waals surface area (Å²) in [6.07, 6.45) is 0. The van der Waals surface area contributed by atoms with Crippen LogP contribution in [-0.2, 0) is 0 Å². The molecule has 0 spiro atoms. The summed E-state index contributed by atoms with van der Waals surface area (Å²) in [6.45, 7) is 0. The van der Waals surface area contributed by atoms with Crippen molar-refractivity contribution in [3.8, 4) is 0 Å². The number of anilines is 1. The summed E-state index contributed by atoms with van der Waals surface area (Å²) in [5, 5.41) is 5.04. The van der Waals surface area contributed by atoms with E-state index >= 15 is 0 Å². The zero-order valence-electron chi connectivity index (χ0n) is 7.91. The van der Waals surface area contributed by atoms with Crippen LogP contribution in [0.25, 0.3) is 0 Å². The van der Waals surface area contributed by atoms with Gasteiger partial charge >= 0.3 is 0 Å². The van der Waals surface area contributed by atoms with Crippen molar-refractivity contribution >= 4 is 50.5 Å². The van der Waals surface area contributed by atoms with Crippen LogP contribution in [0.5, 0.6) is 0 Å². The smallest absolute Gasteiger partial charge is 0.275 e. The van der Waals surface area contributed by atoms with Gasteiger partial charge in [-0.25, -0.2) is 4.98 Å². The second-order valence-corrected chi connectivity index (χ2v) is 4.96. The molecule has 0 atom stereocenters. The summed E-state index contributed by atoms with van der Waals surface area (Å²) in [4.78, 5) is 15.6. The van der Waals surface area contributed by atoms with Gasteiger partial charge in [0.25, 0.3) is 5.91 Å². The lowest BCUT2D eigenvalue weighted by Crippen LogP contribution is -2.12. The third-order valence-corrected chi connectivity index (χ3v) is 3.32. The third kappa shape index (κ3) is 2.61. The van der Waals surface area contributed by atoms with E-state index in [2.05, 4.69) is 26.2 Å². The zero-order chi connectivity index (χ0) is 11.5. The Morgan fingerprint density at radius 3 is 2.94 bits per heavy atom. The van der Waals surface area contributed by atoms with Crippen LogP contribution >= 0.6 is 38.9 Å². The second kappa shape index (κ2) is 4.95. The van der Waals surface area contributed by atoms with Gasteiger partial charge < -0.3 is 5.32 Å². The van der Waals surface area contributed by atoms with E-state index in [1.54, 1.807) is 29.1 Å². The van der Waals surface area contributed by atoms with Crippen LogP contribution in [0.3, 0.4) is 0 Å². The van der Waals surface area contributed by atoms with Crippen LogP contribution in [0, 0.1) is 0 Å². The molecule has 0 saturated carbocycles. The number of carbonyl (C=O) groups is 1. The highest BCUT2D eigenvalue weighted by Gasteiger charge is 2.09. The Kier molecular flexibility index (Phi) is 3.58. The fourth-order valence-corrected chi connectivity index (χ4v) is 2.42. The molecule has 1 aromatic carbocycles. The van der Waals surface area contributed by atoms with Crippen LogP contribution in [0.1, 0.15) is 10.5 Å². The normalized spacial score (nSPS) is 10.1. The average Bonchev–Trinajstić information content (AvgIpc) is 2.75. The molecule has 16 heavy (non-hydrogen) atoms. The molecule has 3 nitrogen and oxygen atoms in total. The van der Waals surface area contributed by atoms with E-state index in [1.807, 2.05) is 0 Å². The van der Waals surface area contributed by atoms with Gasteiger partial charge in [-0.2, -0.15) is 0 Å². The maximum absolute atomic E-state index is 11.7. The molecule has 0 aliphatic carbocycles. The highest BCUT2D eigenvalue weighted by Crippen LogP contribution is 2.26. The maximum atomic E-state index is 11.7. The number of amides is 1. The first-order chi connectivity index (χ1) is 7.66. The van der Waals surface area contributed by atoms with E-state index in [0.29, 0.717) is 16.4 Å². The Hall–Kier alpha value is -0.910. The summed E-state index contributed by atoms with van der Waals surface area (Å²) < 4.78 is 0.739. The molecule has 0 bridgehead atoms. The number of carbonyl (C=O) groups excluding carboxylic acids is 1. The van der Waals surface area contributed by atoms with Crippen molar-refractivity contribution in [2.24, 2.45) is 0 Å². The van der Waals surface area contributed by atoms with Gasteiger partial charge in [-0.15, -0.1) is 11.3 Å². The highest BCUT2D eigenvalue weighted by molar-refractivity contribution is 9.10. The van der Waals surface area contributed by atoms with Gasteiger partial charge in [0, 0.05) is 14.9 Å². The number of nitrogens with one attached hydrogen (secondary N) is 1. The topological polar surface area (TPSA) is 42.0 Å². The largest absolute Gasteiger partial charge is 0.320 e. The molecule has 1 heterocycles. The van der Waals surface area contributed by atoms with Gasteiger partial charge in [-0.1, -0.05) is 11.6 Å². The van der Waals surface area contributed by atoms with Crippen molar-refractivity contribution in [2.75, 3.05) is 5.32 Å². The molecule has 0 unspecified atom stereocenters. The molecular formula is C10H6BrClN2OS. The number of aromatic nitrogens is 1. The van der Waals surface area contributed by atoms with Crippen molar-refractivity contribution < 1.29 is 4.79 Å². The van der Waals surface area contributed by atoms with Crippen molar-refractivity contribution in [2.45, 2.75) is 0 Å². The van der Waals surface area contributed by atoms with Crippen molar-refractivity contribution in [1.29, 1.82) is 0 Å². The zero-order valence-corrected chi connectivity index (χ0v) is 11.1. The molecule has 2 aromatic rings. The minimum Gasteiger partial charge on any atom is -0.320 e. The first kappa shape index (κ1) is 11.6. The molecular weight excluding hydrogens is 312 g/mol. The van der Waals surface area contributed by atoms with Crippen LogP contribution in [-0.4, -0.2) is 10.9 Å². The number of halogens is 2. The molecule has 0 aliphatic heterocycles. The summed E-state index contributed by atoms with van der Waals surface area (Å²) in [5.41, 5.74) is 2.69. The van der Waals surface area contributed by atoms with Crippen molar-refractivity contribution in [1.82, 2.24) is 4.98 Å². The Labute approximate surface area is 110 Å². The van der Waals surface area contributed by atoms with Crippen LogP contribution in [0.15, 0.2) is 33.6 Å². The average molecular weight is 318 g/mol. The van der Waals surface area contributed by atoms with Crippen molar-refractivity contribution in [3.63, 3.8) is 0 Å². The lowest BCUT2D eigenvalue weighted by atomic mass is 10.3. The van der Waals surface area contributed by atoms with E-state index in [9.17, 15) is 4.79 Å². The lowest BCUT2D eigenvalue weighted by Gasteiger charge is -2.05. The molecule has 1 aromatic heterocycles. The quantitative estimate of drug-likeness (QED) is 0.915. The van der Waals surface area contributed by atoms with E-state index in [0.717, 1.165) is 4.47 Å². The first-order valence-electron chi connectivity index (χ1n) is 4.31. The number of nitrogens with zero attached hydrogens (tertiary/aromatic N) is 1. The fraction of sp³-hybridized carbons (Fsp3) is 0. The van der Waals surface area contributed by atoms with Gasteiger partial charge in [0.15, 0.2) is 0 Å². The number of hydrogen-bond donors (Lipinski definition) is 1. The monoisotopic (exact) mass is 316 g/mol. The fourth-order valence-electron chi connectivity index (χ4n) is 1.10. The molecule has 0 fully saturated rings. The third-order valence-electron chi connectivity index (χ3n) is 1.84. The minimum atomic E-state index is -0.232. The van der Waals surface area contributed by atoms with Crippen LogP contribution < -0.4 is 5.32 Å². The summed E-state index contributed by atoms with van der Waals surface area (Å²) in [7, 11) is 0. The van der Waals surface area contributed by atoms with Gasteiger partial charge in [-0.3, -0.25) is 4.79 Å². The molecule has 6 heteroatoms. The number of benzene rings is 1. The van der Waals surface area contributed by atoms with E-state index < -0.39 is 0 Å². The highest BCUT2D eigenvalue weighted by atomic mass is 79.9. The standard InChI is InChI=1S/C10H6BrClN2OS/c11-7-3-6(12)1-2-8(7)14-10(15)9-4-16-5-13-9/h1-5H,(H,14,15). The summed E-state index contributed by atoms with van der Waals surface area (Å²) in [5.74, 6) is -0.232. The van der Waals surface area contributed by atoms with E-state index in [1.165, 1.54) is 11.3 Å². The molecule has 82 valence electrons. The van der Waals surface area contributed by atoms with E-state index in [4.69, 9.17) is 11.6 Å². The lowest BCUT2D eigenvalue weighted by molar-refractivity contribution is 0.102. The summed E-state index contributed by atoms with van der Waals surface area (Å²) in [6, 6.07) is 5.16. The van der Waals surface area contributed by atoms with Crippen LogP contribution in [0.4, 0.5) is 5.69 Å². The van der Waals surface area contributed by atoms with Crippen molar-refractivity contribution in [3.05, 3.63) is 44.3 Å². The van der Waals surface area contributed by atoms with Gasteiger partial charge in [0.05, 0.1) is 11.2 Å². The number of rotatable bonds is 2. The Bertz CT molecular complexity index is 516. The molecule has 0 radical (unpaired) electrons. The van der Waals surface area contributed by atoms with Gasteiger partial charge in [0.2, 0.25) is 0 Å². The molecule has 0 aliphatic rings. The molecule has 2 rings (SSSR count). The van der Waals surface area contributed by atoms with Gasteiger partial charge in [-0.05, 0) is 34.1 Å². The Balaban J connectivity index is 2.18. The molecule has 1 N–H and O–H groups in total.